The zero-order chi connectivity index (χ0) is 20.6. The average Bonchev–Trinajstić information content (AvgIpc) is 3.32. The number of hydrogen-bond donors (Lipinski definition) is 1. The summed E-state index contributed by atoms with van der Waals surface area (Å²) in [5.41, 5.74) is 4.02. The minimum absolute atomic E-state index is 0.0575. The molecule has 0 heterocycles. The smallest absolute Gasteiger partial charge is 0.107 e. The minimum atomic E-state index is -0.773. The van der Waals surface area contributed by atoms with Crippen molar-refractivity contribution in [3.05, 3.63) is 71.8 Å². The molecule has 0 spiro atoms. The average molecular weight is 397 g/mol. The molecule has 2 aliphatic carbocycles. The molecule has 1 N–H and O–H groups in total. The Labute approximate surface area is 176 Å². The predicted octanol–water partition coefficient (Wildman–Crippen LogP) is 6.77. The van der Waals surface area contributed by atoms with E-state index in [0.29, 0.717) is 12.3 Å². The van der Waals surface area contributed by atoms with E-state index >= 15 is 0 Å². The van der Waals surface area contributed by atoms with E-state index in [9.17, 15) is 9.50 Å². The van der Waals surface area contributed by atoms with Gasteiger partial charge in [-0.15, -0.1) is 0 Å². The van der Waals surface area contributed by atoms with Crippen molar-refractivity contribution >= 4 is 0 Å². The fraction of sp³-hybridized carbons (Fsp3) is 0.556. The molecular formula is C27H37FO. The van der Waals surface area contributed by atoms with E-state index < -0.39 is 12.3 Å². The number of halogens is 1. The molecule has 1 fully saturated rings. The van der Waals surface area contributed by atoms with E-state index in [-0.39, 0.29) is 11.8 Å². The summed E-state index contributed by atoms with van der Waals surface area (Å²) in [6, 6.07) is 8.43. The second-order valence-corrected chi connectivity index (χ2v) is 8.95. The van der Waals surface area contributed by atoms with Crippen LogP contribution < -0.4 is 0 Å². The summed E-state index contributed by atoms with van der Waals surface area (Å²) in [5.74, 6) is 0.522. The van der Waals surface area contributed by atoms with Gasteiger partial charge < -0.3 is 5.11 Å². The Balaban J connectivity index is 1.46. The van der Waals surface area contributed by atoms with Gasteiger partial charge in [-0.05, 0) is 80.8 Å². The van der Waals surface area contributed by atoms with Crippen molar-refractivity contribution in [3.63, 3.8) is 0 Å². The largest absolute Gasteiger partial charge is 0.389 e. The number of fused-ring (bicyclic) bond motifs is 1. The van der Waals surface area contributed by atoms with Gasteiger partial charge in [0.1, 0.15) is 6.17 Å². The van der Waals surface area contributed by atoms with Crippen molar-refractivity contribution in [3.8, 4) is 0 Å². The third-order valence-electron chi connectivity index (χ3n) is 6.88. The van der Waals surface area contributed by atoms with Crippen LogP contribution in [0.2, 0.25) is 0 Å². The Hall–Kier alpha value is -1.67. The van der Waals surface area contributed by atoms with E-state index in [1.165, 1.54) is 16.7 Å². The van der Waals surface area contributed by atoms with Crippen LogP contribution in [0.4, 0.5) is 4.39 Å². The first-order valence-corrected chi connectivity index (χ1v) is 11.5. The number of unbranched alkanes of at least 4 members (excludes halogenated alkanes) is 1. The molecule has 4 atom stereocenters. The van der Waals surface area contributed by atoms with E-state index in [1.54, 1.807) is 0 Å². The molecule has 29 heavy (non-hydrogen) atoms. The highest BCUT2D eigenvalue weighted by Gasteiger charge is 2.34. The van der Waals surface area contributed by atoms with Gasteiger partial charge in [-0.3, -0.25) is 0 Å². The van der Waals surface area contributed by atoms with Gasteiger partial charge in [0.25, 0.3) is 0 Å². The van der Waals surface area contributed by atoms with E-state index in [2.05, 4.69) is 49.9 Å². The molecule has 0 bridgehead atoms. The molecule has 0 amide bonds. The molecule has 158 valence electrons. The summed E-state index contributed by atoms with van der Waals surface area (Å²) in [6.45, 7) is 6.21. The first-order valence-electron chi connectivity index (χ1n) is 11.5. The summed E-state index contributed by atoms with van der Waals surface area (Å²) in [6.07, 6.45) is 15.9. The Bertz CT molecular complexity index is 694. The predicted molar refractivity (Wildman–Crippen MR) is 121 cm³/mol. The van der Waals surface area contributed by atoms with E-state index in [1.807, 2.05) is 12.2 Å². The van der Waals surface area contributed by atoms with Crippen LogP contribution in [-0.4, -0.2) is 17.4 Å². The lowest BCUT2D eigenvalue weighted by molar-refractivity contribution is 0.156. The summed E-state index contributed by atoms with van der Waals surface area (Å²) >= 11 is 0. The van der Waals surface area contributed by atoms with E-state index in [4.69, 9.17) is 0 Å². The molecule has 0 saturated heterocycles. The van der Waals surface area contributed by atoms with Crippen LogP contribution in [0.25, 0.3) is 0 Å². The monoisotopic (exact) mass is 396 g/mol. The highest BCUT2D eigenvalue weighted by molar-refractivity contribution is 5.33. The Morgan fingerprint density at radius 3 is 2.62 bits per heavy atom. The van der Waals surface area contributed by atoms with Crippen molar-refractivity contribution in [2.75, 3.05) is 0 Å². The number of hydrogen-bond acceptors (Lipinski definition) is 1. The lowest BCUT2D eigenvalue weighted by Crippen LogP contribution is -2.20. The maximum atomic E-state index is 14.5. The van der Waals surface area contributed by atoms with Crippen LogP contribution in [-0.2, 0) is 12.8 Å². The standard InChI is InChI=1S/C27H37FO/c1-3-20(2)10-6-4-5-7-11-21-14-16-26(28)25(21)15-17-27(29)24-18-22-12-8-9-13-23(22)19-24/h5,7-9,12-13,15,17,21,24-27,29H,2-4,6,10-11,14,16,18-19H2,1H3/b7-5-,17-15+. The van der Waals surface area contributed by atoms with Crippen LogP contribution in [0.3, 0.4) is 0 Å². The quantitative estimate of drug-likeness (QED) is 0.342. The lowest BCUT2D eigenvalue weighted by atomic mass is 9.90. The fourth-order valence-corrected chi connectivity index (χ4v) is 4.88. The van der Waals surface area contributed by atoms with Crippen LogP contribution >= 0.6 is 0 Å². The number of alkyl halides is 1. The highest BCUT2D eigenvalue weighted by Crippen LogP contribution is 2.38. The van der Waals surface area contributed by atoms with Gasteiger partial charge in [-0.25, -0.2) is 4.39 Å². The molecule has 0 aromatic heterocycles. The molecule has 1 nitrogen and oxygen atoms in total. The Morgan fingerprint density at radius 2 is 1.93 bits per heavy atom. The Morgan fingerprint density at radius 1 is 1.21 bits per heavy atom. The van der Waals surface area contributed by atoms with Crippen LogP contribution in [0.1, 0.15) is 63.0 Å². The zero-order valence-corrected chi connectivity index (χ0v) is 17.9. The number of benzene rings is 1. The second kappa shape index (κ2) is 10.9. The zero-order valence-electron chi connectivity index (χ0n) is 17.9. The molecule has 2 aliphatic rings. The Kier molecular flexibility index (Phi) is 8.29. The van der Waals surface area contributed by atoms with Crippen molar-refractivity contribution in [2.45, 2.75) is 77.0 Å². The molecule has 0 aliphatic heterocycles. The lowest BCUT2D eigenvalue weighted by Gasteiger charge is -2.18. The van der Waals surface area contributed by atoms with Crippen molar-refractivity contribution in [1.29, 1.82) is 0 Å². The van der Waals surface area contributed by atoms with Crippen molar-refractivity contribution in [1.82, 2.24) is 0 Å². The van der Waals surface area contributed by atoms with Gasteiger partial charge in [0.15, 0.2) is 0 Å². The number of aliphatic hydroxyl groups excluding tert-OH is 1. The first kappa shape index (κ1) is 22.0. The second-order valence-electron chi connectivity index (χ2n) is 8.95. The minimum Gasteiger partial charge on any atom is -0.389 e. The molecule has 2 heteroatoms. The molecular weight excluding hydrogens is 359 g/mol. The number of allylic oxidation sites excluding steroid dienone is 4. The van der Waals surface area contributed by atoms with Crippen molar-refractivity contribution in [2.24, 2.45) is 17.8 Å². The molecule has 1 aromatic rings. The summed E-state index contributed by atoms with van der Waals surface area (Å²) < 4.78 is 14.5. The highest BCUT2D eigenvalue weighted by atomic mass is 19.1. The van der Waals surface area contributed by atoms with Gasteiger partial charge >= 0.3 is 0 Å². The fourth-order valence-electron chi connectivity index (χ4n) is 4.88. The normalized spacial score (nSPS) is 25.8. The molecule has 0 radical (unpaired) electrons. The molecule has 1 aromatic carbocycles. The first-order chi connectivity index (χ1) is 14.1. The molecule has 3 rings (SSSR count). The maximum absolute atomic E-state index is 14.5. The SMILES string of the molecule is C=C(CC)CCC/C=C\CC1CCC(F)C1/C=C/C(O)C1Cc2ccccc2C1. The van der Waals surface area contributed by atoms with Crippen LogP contribution in [0.5, 0.6) is 0 Å². The topological polar surface area (TPSA) is 20.2 Å². The van der Waals surface area contributed by atoms with Gasteiger partial charge in [0.05, 0.1) is 6.10 Å². The summed E-state index contributed by atoms with van der Waals surface area (Å²) in [4.78, 5) is 0. The number of rotatable bonds is 10. The number of aliphatic hydroxyl groups is 1. The maximum Gasteiger partial charge on any atom is 0.107 e. The van der Waals surface area contributed by atoms with Gasteiger partial charge in [0.2, 0.25) is 0 Å². The molecule has 4 unspecified atom stereocenters. The molecule has 1 saturated carbocycles. The summed E-state index contributed by atoms with van der Waals surface area (Å²) in [5, 5.41) is 10.7. The van der Waals surface area contributed by atoms with Crippen LogP contribution in [0, 0.1) is 17.8 Å². The summed E-state index contributed by atoms with van der Waals surface area (Å²) in [7, 11) is 0. The van der Waals surface area contributed by atoms with Crippen LogP contribution in [0.15, 0.2) is 60.7 Å². The van der Waals surface area contributed by atoms with Gasteiger partial charge in [-0.1, -0.05) is 67.6 Å². The van der Waals surface area contributed by atoms with Crippen molar-refractivity contribution < 1.29 is 9.50 Å². The third-order valence-corrected chi connectivity index (χ3v) is 6.88. The van der Waals surface area contributed by atoms with E-state index in [0.717, 1.165) is 51.4 Å². The van der Waals surface area contributed by atoms with Gasteiger partial charge in [-0.2, -0.15) is 0 Å². The third kappa shape index (κ3) is 6.15. The van der Waals surface area contributed by atoms with Gasteiger partial charge in [0, 0.05) is 5.92 Å².